The summed E-state index contributed by atoms with van der Waals surface area (Å²) in [5, 5.41) is 0.964. The number of aryl methyl sites for hydroxylation is 3. The van der Waals surface area contributed by atoms with Crippen LogP contribution >= 0.6 is 11.5 Å². The molecule has 124 valence electrons. The van der Waals surface area contributed by atoms with E-state index in [-0.39, 0.29) is 5.91 Å². The molecule has 1 aliphatic rings. The number of hydrogen-bond acceptors (Lipinski definition) is 6. The van der Waals surface area contributed by atoms with E-state index in [1.54, 1.807) is 0 Å². The zero-order valence-corrected chi connectivity index (χ0v) is 14.7. The third-order valence-corrected chi connectivity index (χ3v) is 4.91. The van der Waals surface area contributed by atoms with Crippen molar-refractivity contribution in [1.29, 1.82) is 0 Å². The third-order valence-electron chi connectivity index (χ3n) is 4.10. The van der Waals surface area contributed by atoms with E-state index in [9.17, 15) is 4.79 Å². The highest BCUT2D eigenvalue weighted by Gasteiger charge is 2.24. The van der Waals surface area contributed by atoms with Crippen LogP contribution in [-0.2, 0) is 6.42 Å². The second-order valence-electron chi connectivity index (χ2n) is 5.81. The first-order chi connectivity index (χ1) is 11.1. The van der Waals surface area contributed by atoms with Gasteiger partial charge in [-0.1, -0.05) is 6.92 Å². The van der Waals surface area contributed by atoms with Gasteiger partial charge in [-0.3, -0.25) is 4.79 Å². The van der Waals surface area contributed by atoms with E-state index in [4.69, 9.17) is 4.42 Å². The van der Waals surface area contributed by atoms with Gasteiger partial charge in [0.15, 0.2) is 0 Å². The maximum atomic E-state index is 12.7. The van der Waals surface area contributed by atoms with E-state index < -0.39 is 0 Å². The van der Waals surface area contributed by atoms with Gasteiger partial charge in [-0.2, -0.15) is 4.37 Å². The normalized spacial score (nSPS) is 15.8. The van der Waals surface area contributed by atoms with Crippen LogP contribution in [-0.4, -0.2) is 46.3 Å². The topological polar surface area (TPSA) is 62.5 Å². The minimum Gasteiger partial charge on any atom is -0.466 e. The molecule has 0 saturated carbocycles. The Balaban J connectivity index is 1.68. The van der Waals surface area contributed by atoms with Crippen molar-refractivity contribution in [1.82, 2.24) is 14.3 Å². The predicted molar refractivity (Wildman–Crippen MR) is 90.2 cm³/mol. The molecule has 1 fully saturated rings. The lowest BCUT2D eigenvalue weighted by atomic mass is 10.2. The van der Waals surface area contributed by atoms with Crippen LogP contribution in [0.1, 0.15) is 41.0 Å². The van der Waals surface area contributed by atoms with Crippen LogP contribution in [0.15, 0.2) is 10.5 Å². The summed E-state index contributed by atoms with van der Waals surface area (Å²) < 4.78 is 9.84. The number of amides is 1. The molecule has 23 heavy (non-hydrogen) atoms. The number of furan rings is 1. The molecule has 2 aromatic rings. The number of rotatable bonds is 3. The van der Waals surface area contributed by atoms with Gasteiger partial charge in [-0.15, -0.1) is 0 Å². The van der Waals surface area contributed by atoms with Gasteiger partial charge < -0.3 is 14.2 Å². The fraction of sp³-hybridized carbons (Fsp3) is 0.562. The van der Waals surface area contributed by atoms with Crippen molar-refractivity contribution in [3.8, 4) is 0 Å². The third kappa shape index (κ3) is 3.39. The van der Waals surface area contributed by atoms with Crippen LogP contribution in [0.3, 0.4) is 0 Å². The summed E-state index contributed by atoms with van der Waals surface area (Å²) >= 11 is 1.45. The molecule has 0 N–H and O–H groups in total. The average molecular weight is 334 g/mol. The first-order valence-corrected chi connectivity index (χ1v) is 8.79. The van der Waals surface area contributed by atoms with E-state index in [1.165, 1.54) is 11.5 Å². The van der Waals surface area contributed by atoms with E-state index in [1.807, 2.05) is 24.8 Å². The average Bonchev–Trinajstić information content (AvgIpc) is 3.05. The van der Waals surface area contributed by atoms with E-state index in [0.29, 0.717) is 17.9 Å². The Morgan fingerprint density at radius 1 is 1.30 bits per heavy atom. The van der Waals surface area contributed by atoms with Gasteiger partial charge in [0.1, 0.15) is 17.3 Å². The molecule has 6 nitrogen and oxygen atoms in total. The second kappa shape index (κ2) is 6.70. The van der Waals surface area contributed by atoms with Gasteiger partial charge in [-0.05, 0) is 26.3 Å². The summed E-state index contributed by atoms with van der Waals surface area (Å²) in [7, 11) is 0. The molecule has 7 heteroatoms. The van der Waals surface area contributed by atoms with Crippen molar-refractivity contribution in [2.24, 2.45) is 0 Å². The van der Waals surface area contributed by atoms with Gasteiger partial charge in [0.2, 0.25) is 5.13 Å². The van der Waals surface area contributed by atoms with Gasteiger partial charge >= 0.3 is 0 Å². The minimum atomic E-state index is 0.0627. The van der Waals surface area contributed by atoms with Gasteiger partial charge in [-0.25, -0.2) is 4.98 Å². The molecule has 0 atom stereocenters. The molecule has 2 aromatic heterocycles. The van der Waals surface area contributed by atoms with Crippen molar-refractivity contribution >= 4 is 22.6 Å². The summed E-state index contributed by atoms with van der Waals surface area (Å²) in [6.07, 6.45) is 1.79. The SMILES string of the molecule is CCc1nsc(N2CCCN(C(=O)c3cc(C)oc3C)CC2)n1. The molecule has 1 saturated heterocycles. The Labute approximate surface area is 140 Å². The molecule has 0 bridgehead atoms. The zero-order chi connectivity index (χ0) is 16.4. The summed E-state index contributed by atoms with van der Waals surface area (Å²) in [5.74, 6) is 2.44. The Kier molecular flexibility index (Phi) is 4.66. The quantitative estimate of drug-likeness (QED) is 0.863. The molecular formula is C16H22N4O2S. The Bertz CT molecular complexity index is 694. The molecule has 0 spiro atoms. The van der Waals surface area contributed by atoms with Crippen molar-refractivity contribution in [2.75, 3.05) is 31.1 Å². The number of carbonyl (C=O) groups is 1. The summed E-state index contributed by atoms with van der Waals surface area (Å²) in [4.78, 5) is 21.4. The summed E-state index contributed by atoms with van der Waals surface area (Å²) in [6.45, 7) is 8.93. The molecule has 3 heterocycles. The monoisotopic (exact) mass is 334 g/mol. The van der Waals surface area contributed by atoms with Gasteiger partial charge in [0.25, 0.3) is 5.91 Å². The minimum absolute atomic E-state index is 0.0627. The summed E-state index contributed by atoms with van der Waals surface area (Å²) in [6, 6.07) is 1.83. The van der Waals surface area contributed by atoms with Crippen molar-refractivity contribution in [3.63, 3.8) is 0 Å². The van der Waals surface area contributed by atoms with Crippen molar-refractivity contribution in [2.45, 2.75) is 33.6 Å². The zero-order valence-electron chi connectivity index (χ0n) is 13.8. The van der Waals surface area contributed by atoms with E-state index in [2.05, 4.69) is 21.2 Å². The Morgan fingerprint density at radius 3 is 2.78 bits per heavy atom. The lowest BCUT2D eigenvalue weighted by molar-refractivity contribution is 0.0765. The molecule has 1 aliphatic heterocycles. The summed E-state index contributed by atoms with van der Waals surface area (Å²) in [5.41, 5.74) is 0.681. The highest BCUT2D eigenvalue weighted by Crippen LogP contribution is 2.21. The fourth-order valence-corrected chi connectivity index (χ4v) is 3.64. The van der Waals surface area contributed by atoms with Gasteiger partial charge in [0, 0.05) is 44.1 Å². The number of nitrogens with zero attached hydrogens (tertiary/aromatic N) is 4. The van der Waals surface area contributed by atoms with Crippen molar-refractivity contribution in [3.05, 3.63) is 29.0 Å². The Morgan fingerprint density at radius 2 is 2.13 bits per heavy atom. The maximum Gasteiger partial charge on any atom is 0.257 e. The molecule has 0 aliphatic carbocycles. The van der Waals surface area contributed by atoms with Crippen LogP contribution in [0.4, 0.5) is 5.13 Å². The van der Waals surface area contributed by atoms with E-state index >= 15 is 0 Å². The largest absolute Gasteiger partial charge is 0.466 e. The smallest absolute Gasteiger partial charge is 0.257 e. The van der Waals surface area contributed by atoms with Gasteiger partial charge in [0.05, 0.1) is 5.56 Å². The molecule has 0 aromatic carbocycles. The van der Waals surface area contributed by atoms with Crippen LogP contribution < -0.4 is 4.90 Å². The Hall–Kier alpha value is -1.89. The number of anilines is 1. The van der Waals surface area contributed by atoms with Crippen LogP contribution in [0.2, 0.25) is 0 Å². The molecule has 1 amide bonds. The molecular weight excluding hydrogens is 312 g/mol. The molecule has 0 unspecified atom stereocenters. The number of carbonyl (C=O) groups excluding carboxylic acids is 1. The second-order valence-corrected chi connectivity index (χ2v) is 6.54. The molecule has 3 rings (SSSR count). The lowest BCUT2D eigenvalue weighted by Gasteiger charge is -2.21. The highest BCUT2D eigenvalue weighted by atomic mass is 32.1. The van der Waals surface area contributed by atoms with Crippen LogP contribution in [0, 0.1) is 13.8 Å². The van der Waals surface area contributed by atoms with E-state index in [0.717, 1.165) is 49.2 Å². The first kappa shape index (κ1) is 16.0. The lowest BCUT2D eigenvalue weighted by Crippen LogP contribution is -2.35. The predicted octanol–water partition coefficient (Wildman–Crippen LogP) is 2.66. The molecule has 0 radical (unpaired) electrons. The first-order valence-electron chi connectivity index (χ1n) is 8.02. The number of hydrogen-bond donors (Lipinski definition) is 0. The van der Waals surface area contributed by atoms with Crippen LogP contribution in [0.25, 0.3) is 0 Å². The van der Waals surface area contributed by atoms with Crippen LogP contribution in [0.5, 0.6) is 0 Å². The maximum absolute atomic E-state index is 12.7. The van der Waals surface area contributed by atoms with Crippen molar-refractivity contribution < 1.29 is 9.21 Å². The highest BCUT2D eigenvalue weighted by molar-refractivity contribution is 7.09. The standard InChI is InChI=1S/C16H22N4O2S/c1-4-14-17-16(23-18-14)20-7-5-6-19(8-9-20)15(21)13-10-11(2)22-12(13)3/h10H,4-9H2,1-3H3. The fourth-order valence-electron chi connectivity index (χ4n) is 2.84. The number of aromatic nitrogens is 2.